The molecule has 1 aliphatic carbocycles. The van der Waals surface area contributed by atoms with E-state index >= 15 is 0 Å². The second-order valence-electron chi connectivity index (χ2n) is 4.69. The lowest BCUT2D eigenvalue weighted by molar-refractivity contribution is 0.199. The second kappa shape index (κ2) is 4.82. The first-order valence-electron chi connectivity index (χ1n) is 6.15. The van der Waals surface area contributed by atoms with Crippen molar-refractivity contribution in [3.05, 3.63) is 33.6 Å². The molecule has 96 valence electrons. The molecule has 2 aromatic rings. The number of thiophene rings is 1. The summed E-state index contributed by atoms with van der Waals surface area (Å²) < 4.78 is 10.3. The number of methoxy groups -OCH3 is 1. The van der Waals surface area contributed by atoms with Crippen molar-refractivity contribution in [3.8, 4) is 0 Å². The monoisotopic (exact) mass is 264 g/mol. The quantitative estimate of drug-likeness (QED) is 0.833. The molecule has 2 heterocycles. The van der Waals surface area contributed by atoms with Gasteiger partial charge >= 0.3 is 0 Å². The minimum Gasteiger partial charge on any atom is -0.384 e. The van der Waals surface area contributed by atoms with Crippen LogP contribution in [0.15, 0.2) is 16.7 Å². The van der Waals surface area contributed by atoms with Crippen molar-refractivity contribution in [2.45, 2.75) is 31.6 Å². The zero-order valence-corrected chi connectivity index (χ0v) is 11.4. The van der Waals surface area contributed by atoms with E-state index in [0.29, 0.717) is 18.4 Å². The summed E-state index contributed by atoms with van der Waals surface area (Å²) in [5.41, 5.74) is 0. The minimum absolute atomic E-state index is 0.423. The molecule has 0 amide bonds. The van der Waals surface area contributed by atoms with Gasteiger partial charge in [-0.1, -0.05) is 5.16 Å². The first kappa shape index (κ1) is 11.9. The van der Waals surface area contributed by atoms with Crippen LogP contribution >= 0.6 is 11.3 Å². The number of nitrogens with zero attached hydrogens (tertiary/aromatic N) is 2. The van der Waals surface area contributed by atoms with Crippen LogP contribution < -0.4 is 0 Å². The third-order valence-corrected chi connectivity index (χ3v) is 4.38. The molecule has 18 heavy (non-hydrogen) atoms. The van der Waals surface area contributed by atoms with Crippen LogP contribution in [-0.2, 0) is 11.2 Å². The summed E-state index contributed by atoms with van der Waals surface area (Å²) in [5, 5.41) is 3.99. The van der Waals surface area contributed by atoms with Crippen molar-refractivity contribution < 1.29 is 9.26 Å². The fourth-order valence-electron chi connectivity index (χ4n) is 2.15. The van der Waals surface area contributed by atoms with Crippen molar-refractivity contribution in [1.29, 1.82) is 0 Å². The van der Waals surface area contributed by atoms with Gasteiger partial charge in [0.05, 0.1) is 6.61 Å². The molecule has 2 aromatic heterocycles. The third-order valence-electron chi connectivity index (χ3n) is 3.25. The Bertz CT molecular complexity index is 535. The molecule has 5 heteroatoms. The van der Waals surface area contributed by atoms with Crippen molar-refractivity contribution in [1.82, 2.24) is 10.1 Å². The van der Waals surface area contributed by atoms with Gasteiger partial charge in [0, 0.05) is 35.1 Å². The summed E-state index contributed by atoms with van der Waals surface area (Å²) in [6.45, 7) is 2.78. The van der Waals surface area contributed by atoms with Gasteiger partial charge in [-0.2, -0.15) is 4.98 Å². The molecule has 1 saturated carbocycles. The zero-order valence-electron chi connectivity index (χ0n) is 10.5. The largest absolute Gasteiger partial charge is 0.384 e. The lowest BCUT2D eigenvalue weighted by Gasteiger charge is -1.91. The van der Waals surface area contributed by atoms with Gasteiger partial charge in [0.1, 0.15) is 0 Å². The maximum atomic E-state index is 5.33. The minimum atomic E-state index is 0.423. The maximum Gasteiger partial charge on any atom is 0.230 e. The molecule has 0 bridgehead atoms. The molecule has 0 spiro atoms. The highest BCUT2D eigenvalue weighted by atomic mass is 32.1. The van der Waals surface area contributed by atoms with Crippen molar-refractivity contribution in [3.63, 3.8) is 0 Å². The first-order chi connectivity index (χ1) is 8.78. The molecular formula is C13H16N2O2S. The van der Waals surface area contributed by atoms with Gasteiger partial charge < -0.3 is 9.26 Å². The summed E-state index contributed by atoms with van der Waals surface area (Å²) in [7, 11) is 1.68. The Kier molecular flexibility index (Phi) is 3.18. The number of hydrogen-bond donors (Lipinski definition) is 0. The molecular weight excluding hydrogens is 248 g/mol. The van der Waals surface area contributed by atoms with E-state index in [1.54, 1.807) is 7.11 Å². The van der Waals surface area contributed by atoms with E-state index in [1.165, 1.54) is 9.75 Å². The van der Waals surface area contributed by atoms with Gasteiger partial charge in [-0.25, -0.2) is 0 Å². The van der Waals surface area contributed by atoms with Crippen LogP contribution in [0.25, 0.3) is 0 Å². The first-order valence-corrected chi connectivity index (χ1v) is 6.97. The standard InChI is InChI=1S/C13H16N2O2S/c1-8-3-4-11(18-8)9-7-10(9)13-14-12(15-17-13)5-6-16-2/h3-4,9-10H,5-7H2,1-2H3/t9-,10+/m0/s1. The van der Waals surface area contributed by atoms with E-state index < -0.39 is 0 Å². The molecule has 0 aromatic carbocycles. The van der Waals surface area contributed by atoms with Crippen LogP contribution in [0.1, 0.15) is 39.7 Å². The van der Waals surface area contributed by atoms with Crippen LogP contribution in [0, 0.1) is 6.92 Å². The lowest BCUT2D eigenvalue weighted by atomic mass is 10.2. The molecule has 0 aliphatic heterocycles. The van der Waals surface area contributed by atoms with E-state index in [4.69, 9.17) is 9.26 Å². The number of ether oxygens (including phenoxy) is 1. The smallest absolute Gasteiger partial charge is 0.230 e. The predicted molar refractivity (Wildman–Crippen MR) is 69.0 cm³/mol. The van der Waals surface area contributed by atoms with Crippen LogP contribution in [0.2, 0.25) is 0 Å². The van der Waals surface area contributed by atoms with Gasteiger partial charge in [0.25, 0.3) is 0 Å². The number of aromatic nitrogens is 2. The van der Waals surface area contributed by atoms with E-state index in [9.17, 15) is 0 Å². The topological polar surface area (TPSA) is 48.2 Å². The summed E-state index contributed by atoms with van der Waals surface area (Å²) in [5.74, 6) is 2.54. The Morgan fingerprint density at radius 3 is 3.06 bits per heavy atom. The number of aryl methyl sites for hydroxylation is 1. The average Bonchev–Trinajstić information content (AvgIpc) is 2.83. The van der Waals surface area contributed by atoms with Gasteiger partial charge in [-0.15, -0.1) is 11.3 Å². The average molecular weight is 264 g/mol. The summed E-state index contributed by atoms with van der Waals surface area (Å²) >= 11 is 1.87. The second-order valence-corrected chi connectivity index (χ2v) is 6.01. The van der Waals surface area contributed by atoms with E-state index in [1.807, 2.05) is 11.3 Å². The third kappa shape index (κ3) is 2.33. The fourth-order valence-corrected chi connectivity index (χ4v) is 3.20. The Hall–Kier alpha value is -1.20. The number of rotatable bonds is 5. The summed E-state index contributed by atoms with van der Waals surface area (Å²) in [6, 6.07) is 4.39. The van der Waals surface area contributed by atoms with Gasteiger partial charge in [-0.05, 0) is 25.5 Å². The highest BCUT2D eigenvalue weighted by molar-refractivity contribution is 7.12. The maximum absolute atomic E-state index is 5.33. The van der Waals surface area contributed by atoms with Gasteiger partial charge in [-0.3, -0.25) is 0 Å². The normalized spacial score (nSPS) is 22.3. The molecule has 2 atom stereocenters. The highest BCUT2D eigenvalue weighted by Crippen LogP contribution is 2.55. The molecule has 0 unspecified atom stereocenters. The fraction of sp³-hybridized carbons (Fsp3) is 0.538. The molecule has 0 saturated heterocycles. The van der Waals surface area contributed by atoms with Crippen LogP contribution in [-0.4, -0.2) is 23.9 Å². The molecule has 4 nitrogen and oxygen atoms in total. The number of hydrogen-bond acceptors (Lipinski definition) is 5. The predicted octanol–water partition coefficient (Wildman–Crippen LogP) is 2.90. The van der Waals surface area contributed by atoms with Gasteiger partial charge in [0.15, 0.2) is 5.82 Å². The van der Waals surface area contributed by atoms with Crippen molar-refractivity contribution >= 4 is 11.3 Å². The van der Waals surface area contributed by atoms with E-state index in [0.717, 1.165) is 24.6 Å². The molecule has 3 rings (SSSR count). The van der Waals surface area contributed by atoms with Crippen molar-refractivity contribution in [2.24, 2.45) is 0 Å². The Balaban J connectivity index is 1.65. The van der Waals surface area contributed by atoms with Crippen molar-refractivity contribution in [2.75, 3.05) is 13.7 Å². The van der Waals surface area contributed by atoms with Crippen LogP contribution in [0.3, 0.4) is 0 Å². The van der Waals surface area contributed by atoms with Gasteiger partial charge in [0.2, 0.25) is 5.89 Å². The summed E-state index contributed by atoms with van der Waals surface area (Å²) in [6.07, 6.45) is 1.85. The Morgan fingerprint density at radius 2 is 2.33 bits per heavy atom. The summed E-state index contributed by atoms with van der Waals surface area (Å²) in [4.78, 5) is 7.24. The molecule has 0 N–H and O–H groups in total. The van der Waals surface area contributed by atoms with Crippen LogP contribution in [0.5, 0.6) is 0 Å². The van der Waals surface area contributed by atoms with E-state index in [-0.39, 0.29) is 0 Å². The molecule has 1 aliphatic rings. The Morgan fingerprint density at radius 1 is 1.44 bits per heavy atom. The zero-order chi connectivity index (χ0) is 12.5. The van der Waals surface area contributed by atoms with Crippen LogP contribution in [0.4, 0.5) is 0 Å². The highest BCUT2D eigenvalue weighted by Gasteiger charge is 2.44. The molecule has 0 radical (unpaired) electrons. The molecule has 1 fully saturated rings. The lowest BCUT2D eigenvalue weighted by Crippen LogP contribution is -1.96. The van der Waals surface area contributed by atoms with E-state index in [2.05, 4.69) is 29.2 Å². The Labute approximate surface area is 110 Å². The SMILES string of the molecule is COCCc1noc([C@@H]2C[C@@H]2c2ccc(C)s2)n1.